The summed E-state index contributed by atoms with van der Waals surface area (Å²) >= 11 is 11.7. The second-order valence-electron chi connectivity index (χ2n) is 32.6. The van der Waals surface area contributed by atoms with Crippen molar-refractivity contribution in [3.8, 4) is 66.8 Å². The summed E-state index contributed by atoms with van der Waals surface area (Å²) in [5, 5.41) is 14.9. The zero-order valence-electron chi connectivity index (χ0n) is 57.7. The Kier molecular flexibility index (Phi) is 16.0. The highest BCUT2D eigenvalue weighted by Crippen LogP contribution is 2.55. The minimum atomic E-state index is -0.137. The van der Waals surface area contributed by atoms with E-state index in [9.17, 15) is 0 Å². The van der Waals surface area contributed by atoms with E-state index >= 15 is 0 Å². The van der Waals surface area contributed by atoms with Crippen LogP contribution in [0.1, 0.15) is 158 Å². The van der Waals surface area contributed by atoms with Gasteiger partial charge in [-0.2, -0.15) is 0 Å². The van der Waals surface area contributed by atoms with E-state index in [-0.39, 0.29) is 32.5 Å². The molecule has 0 nitrogen and oxygen atoms in total. The molecule has 0 aliphatic carbocycles. The predicted octanol–water partition coefficient (Wildman–Crippen LogP) is 28.7. The molecule has 13 aromatic rings. The van der Waals surface area contributed by atoms with Gasteiger partial charge in [0.1, 0.15) is 0 Å². The van der Waals surface area contributed by atoms with Gasteiger partial charge in [0.15, 0.2) is 0 Å². The van der Waals surface area contributed by atoms with Crippen LogP contribution in [-0.4, -0.2) is 0 Å². The Balaban J connectivity index is 1.35. The van der Waals surface area contributed by atoms with E-state index in [2.05, 4.69) is 373 Å². The average Bonchev–Trinajstić information content (AvgIpc) is 0.724. The number of fused-ring (bicyclic) bond motifs is 9. The fourth-order valence-electron chi connectivity index (χ4n) is 14.2. The van der Waals surface area contributed by atoms with E-state index in [1.165, 1.54) is 148 Å². The maximum atomic E-state index is 3.90. The van der Waals surface area contributed by atoms with Gasteiger partial charge in [0.05, 0.1) is 0 Å². The highest BCUT2D eigenvalue weighted by atomic mass is 79.9. The standard InChI is InChI=1S/C90H87Br3/c1-85(2,3)58-25-37-67-70-40-28-61(88(10,11)12)49-76(70)82(79(73(67)46-58)52-19-31-64(91)32-20-52)55-43-56(83-77-50-62(89(13,14)15)29-41-71(77)68-38-26-59(86(4,5)6)47-74(68)80(83)53-21-33-65(92)34-22-53)45-57(44-55)84-78-51-63(90(16,17)18)30-42-72(78)69-39-27-60(87(7,8)9)48-75(69)81(84)54-23-35-66(93)36-24-54/h19-51H,1-18H3. The third-order valence-electron chi connectivity index (χ3n) is 19.7. The molecule has 93 heavy (non-hydrogen) atoms. The predicted molar refractivity (Wildman–Crippen MR) is 419 cm³/mol. The number of hydrogen-bond donors (Lipinski definition) is 0. The molecule has 0 amide bonds. The van der Waals surface area contributed by atoms with Gasteiger partial charge in [0, 0.05) is 13.4 Å². The van der Waals surface area contributed by atoms with Crippen LogP contribution in [0.5, 0.6) is 0 Å². The molecule has 13 rings (SSSR count). The first kappa shape index (κ1) is 64.6. The van der Waals surface area contributed by atoms with Crippen LogP contribution < -0.4 is 0 Å². The molecule has 468 valence electrons. The molecule has 0 spiro atoms. The van der Waals surface area contributed by atoms with Gasteiger partial charge < -0.3 is 0 Å². The van der Waals surface area contributed by atoms with E-state index in [1.807, 2.05) is 0 Å². The SMILES string of the molecule is CC(C)(C)c1ccc2c(c1)c(-c1ccc(Br)cc1)c(-c1cc(-c3c(-c4ccc(Br)cc4)c4cc(C(C)(C)C)ccc4c4ccc(C(C)(C)C)cc34)cc(-c3c(-c4ccc(Br)cc4)c4cc(C(C)(C)C)ccc4c4ccc(C(C)(C)C)cc34)c1)c1cc(C(C)(C)C)ccc12. The van der Waals surface area contributed by atoms with Gasteiger partial charge in [-0.25, -0.2) is 0 Å². The Morgan fingerprint density at radius 3 is 0.462 bits per heavy atom. The molecule has 0 bridgehead atoms. The molecule has 0 saturated heterocycles. The number of benzene rings is 13. The lowest BCUT2D eigenvalue weighted by Gasteiger charge is -2.27. The molecule has 0 N–H and O–H groups in total. The zero-order valence-corrected chi connectivity index (χ0v) is 62.4. The van der Waals surface area contributed by atoms with E-state index in [0.717, 1.165) is 30.1 Å². The van der Waals surface area contributed by atoms with E-state index in [4.69, 9.17) is 0 Å². The molecule has 0 atom stereocenters. The van der Waals surface area contributed by atoms with Gasteiger partial charge in [0.2, 0.25) is 0 Å². The summed E-state index contributed by atoms with van der Waals surface area (Å²) in [6.45, 7) is 42.3. The van der Waals surface area contributed by atoms with Crippen LogP contribution in [0.2, 0.25) is 0 Å². The normalized spacial score (nSPS) is 13.0. The minimum Gasteiger partial charge on any atom is -0.0578 e. The topological polar surface area (TPSA) is 0 Å². The van der Waals surface area contributed by atoms with E-state index < -0.39 is 0 Å². The summed E-state index contributed by atoms with van der Waals surface area (Å²) in [6, 6.07) is 79.2. The second-order valence-corrected chi connectivity index (χ2v) is 35.4. The molecule has 0 fully saturated rings. The summed E-state index contributed by atoms with van der Waals surface area (Å²) in [6.07, 6.45) is 0. The quantitative estimate of drug-likeness (QED) is 0.146. The van der Waals surface area contributed by atoms with Crippen LogP contribution in [0.15, 0.2) is 214 Å². The first-order valence-electron chi connectivity index (χ1n) is 33.2. The Morgan fingerprint density at radius 2 is 0.312 bits per heavy atom. The van der Waals surface area contributed by atoms with Crippen molar-refractivity contribution < 1.29 is 0 Å². The fourth-order valence-corrected chi connectivity index (χ4v) is 15.0. The molecular formula is C90H87Br3. The molecule has 0 unspecified atom stereocenters. The fraction of sp³-hybridized carbons (Fsp3) is 0.267. The number of rotatable bonds is 6. The first-order valence-corrected chi connectivity index (χ1v) is 35.6. The largest absolute Gasteiger partial charge is 0.0578 e. The molecule has 0 aliphatic heterocycles. The van der Waals surface area contributed by atoms with E-state index in [0.29, 0.717) is 0 Å². The zero-order chi connectivity index (χ0) is 66.4. The lowest BCUT2D eigenvalue weighted by atomic mass is 9.76. The molecule has 0 saturated carbocycles. The van der Waals surface area contributed by atoms with Crippen molar-refractivity contribution in [3.05, 3.63) is 247 Å². The Hall–Kier alpha value is -7.14. The maximum Gasteiger partial charge on any atom is 0.0175 e. The molecule has 0 radical (unpaired) electrons. The van der Waals surface area contributed by atoms with Crippen molar-refractivity contribution in [3.63, 3.8) is 0 Å². The minimum absolute atomic E-state index is 0.109. The van der Waals surface area contributed by atoms with Crippen molar-refractivity contribution in [2.24, 2.45) is 0 Å². The van der Waals surface area contributed by atoms with Crippen LogP contribution in [0.4, 0.5) is 0 Å². The third-order valence-corrected chi connectivity index (χ3v) is 21.3. The van der Waals surface area contributed by atoms with Crippen molar-refractivity contribution in [1.82, 2.24) is 0 Å². The highest BCUT2D eigenvalue weighted by molar-refractivity contribution is 9.11. The smallest absolute Gasteiger partial charge is 0.0175 e. The van der Waals surface area contributed by atoms with Gasteiger partial charge in [0.25, 0.3) is 0 Å². The van der Waals surface area contributed by atoms with Gasteiger partial charge in [-0.1, -0.05) is 282 Å². The van der Waals surface area contributed by atoms with Gasteiger partial charge in [-0.15, -0.1) is 0 Å². The van der Waals surface area contributed by atoms with Crippen LogP contribution in [0.3, 0.4) is 0 Å². The van der Waals surface area contributed by atoms with Crippen molar-refractivity contribution in [2.45, 2.75) is 157 Å². The Morgan fingerprint density at radius 1 is 0.161 bits per heavy atom. The van der Waals surface area contributed by atoms with Gasteiger partial charge in [-0.05, 0) is 288 Å². The molecular weight excluding hydrogens is 1320 g/mol. The number of halogens is 3. The molecule has 0 aromatic heterocycles. The second kappa shape index (κ2) is 23.1. The van der Waals surface area contributed by atoms with Crippen LogP contribution in [0.25, 0.3) is 131 Å². The summed E-state index contributed by atoms with van der Waals surface area (Å²) in [5.74, 6) is 0. The molecule has 3 heteroatoms. The lowest BCUT2D eigenvalue weighted by molar-refractivity contribution is 0.590. The maximum absolute atomic E-state index is 3.90. The Bertz CT molecular complexity index is 4640. The highest BCUT2D eigenvalue weighted by Gasteiger charge is 2.30. The third kappa shape index (κ3) is 11.9. The molecule has 13 aromatic carbocycles. The van der Waals surface area contributed by atoms with Crippen LogP contribution >= 0.6 is 47.8 Å². The van der Waals surface area contributed by atoms with Crippen LogP contribution in [0, 0.1) is 0 Å². The summed E-state index contributed by atoms with van der Waals surface area (Å²) in [5.41, 5.74) is 21.4. The van der Waals surface area contributed by atoms with Crippen molar-refractivity contribution in [1.29, 1.82) is 0 Å². The Labute approximate surface area is 578 Å². The molecule has 0 heterocycles. The lowest BCUT2D eigenvalue weighted by Crippen LogP contribution is -2.12. The van der Waals surface area contributed by atoms with Crippen molar-refractivity contribution >= 4 is 112 Å². The van der Waals surface area contributed by atoms with Gasteiger partial charge in [-0.3, -0.25) is 0 Å². The van der Waals surface area contributed by atoms with Crippen molar-refractivity contribution in [2.75, 3.05) is 0 Å². The monoisotopic (exact) mass is 1400 g/mol. The number of hydrogen-bond acceptors (Lipinski definition) is 0. The van der Waals surface area contributed by atoms with E-state index in [1.54, 1.807) is 0 Å². The summed E-state index contributed by atoms with van der Waals surface area (Å²) in [7, 11) is 0. The van der Waals surface area contributed by atoms with Crippen LogP contribution in [-0.2, 0) is 32.5 Å². The average molecular weight is 1410 g/mol. The molecule has 0 aliphatic rings. The summed E-state index contributed by atoms with van der Waals surface area (Å²) < 4.78 is 3.15. The van der Waals surface area contributed by atoms with Gasteiger partial charge >= 0.3 is 0 Å². The first-order chi connectivity index (χ1) is 43.6. The summed E-state index contributed by atoms with van der Waals surface area (Å²) in [4.78, 5) is 0.